The van der Waals surface area contributed by atoms with E-state index in [1.165, 1.54) is 24.0 Å². The maximum Gasteiger partial charge on any atom is 0.227 e. The minimum atomic E-state index is 0.147. The summed E-state index contributed by atoms with van der Waals surface area (Å²) in [4.78, 5) is 12.4. The number of carbonyl (C=O) groups excluding carboxylic acids is 1. The Labute approximate surface area is 120 Å². The summed E-state index contributed by atoms with van der Waals surface area (Å²) >= 11 is 0. The van der Waals surface area contributed by atoms with Crippen molar-refractivity contribution in [3.63, 3.8) is 0 Å². The molecular weight excluding hydrogens is 248 g/mol. The fourth-order valence-electron chi connectivity index (χ4n) is 3.51. The van der Waals surface area contributed by atoms with Gasteiger partial charge in [0.25, 0.3) is 0 Å². The van der Waals surface area contributed by atoms with Gasteiger partial charge in [-0.1, -0.05) is 12.1 Å². The molecule has 2 aliphatic carbocycles. The molecule has 0 aliphatic heterocycles. The zero-order valence-corrected chi connectivity index (χ0v) is 12.0. The molecule has 0 saturated heterocycles. The third-order valence-electron chi connectivity index (χ3n) is 4.80. The van der Waals surface area contributed by atoms with Crippen molar-refractivity contribution in [1.82, 2.24) is 0 Å². The lowest BCUT2D eigenvalue weighted by Gasteiger charge is -2.26. The second kappa shape index (κ2) is 5.96. The Morgan fingerprint density at radius 1 is 1.10 bits per heavy atom. The van der Waals surface area contributed by atoms with E-state index in [0.717, 1.165) is 44.2 Å². The van der Waals surface area contributed by atoms with Crippen molar-refractivity contribution in [2.24, 2.45) is 11.7 Å². The molecule has 0 aromatic heterocycles. The number of hydrogen-bond acceptors (Lipinski definition) is 2. The summed E-state index contributed by atoms with van der Waals surface area (Å²) in [5, 5.41) is 3.17. The summed E-state index contributed by atoms with van der Waals surface area (Å²) in [6.07, 6.45) is 8.57. The van der Waals surface area contributed by atoms with Crippen LogP contribution in [0.25, 0.3) is 0 Å². The fraction of sp³-hybridized carbons (Fsp3) is 0.588. The van der Waals surface area contributed by atoms with E-state index < -0.39 is 0 Å². The number of carbonyl (C=O) groups is 1. The van der Waals surface area contributed by atoms with Gasteiger partial charge in [0.1, 0.15) is 0 Å². The van der Waals surface area contributed by atoms with E-state index in [0.29, 0.717) is 6.04 Å². The lowest BCUT2D eigenvalue weighted by atomic mass is 9.85. The van der Waals surface area contributed by atoms with Crippen LogP contribution >= 0.6 is 0 Å². The van der Waals surface area contributed by atoms with Crippen molar-refractivity contribution in [1.29, 1.82) is 0 Å². The molecule has 1 fully saturated rings. The molecule has 1 saturated carbocycles. The predicted molar refractivity (Wildman–Crippen MR) is 81.6 cm³/mol. The van der Waals surface area contributed by atoms with Crippen LogP contribution in [-0.4, -0.2) is 11.9 Å². The second-order valence-corrected chi connectivity index (χ2v) is 6.25. The number of rotatable bonds is 2. The van der Waals surface area contributed by atoms with E-state index in [1.807, 2.05) is 0 Å². The van der Waals surface area contributed by atoms with Gasteiger partial charge in [0, 0.05) is 17.6 Å². The van der Waals surface area contributed by atoms with Gasteiger partial charge in [-0.05, 0) is 68.6 Å². The minimum Gasteiger partial charge on any atom is -0.328 e. The van der Waals surface area contributed by atoms with Gasteiger partial charge in [0.15, 0.2) is 0 Å². The number of hydrogen-bond donors (Lipinski definition) is 2. The first-order chi connectivity index (χ1) is 9.74. The first-order valence-corrected chi connectivity index (χ1v) is 7.91. The standard InChI is InChI=1S/C17H24N2O/c18-14-10-8-13(9-11-14)17(20)19-16-7-3-5-12-4-1-2-6-15(12)16/h3,5,7,13-14H,1-2,4,6,8-11,18H2,(H,19,20). The van der Waals surface area contributed by atoms with Crippen LogP contribution in [0.15, 0.2) is 18.2 Å². The van der Waals surface area contributed by atoms with Crippen LogP contribution in [0.1, 0.15) is 49.7 Å². The lowest BCUT2D eigenvalue weighted by Crippen LogP contribution is -2.32. The van der Waals surface area contributed by atoms with E-state index in [9.17, 15) is 4.79 Å². The average Bonchev–Trinajstić information content (AvgIpc) is 2.48. The van der Waals surface area contributed by atoms with Crippen molar-refractivity contribution in [2.75, 3.05) is 5.32 Å². The molecule has 0 heterocycles. The number of anilines is 1. The smallest absolute Gasteiger partial charge is 0.227 e. The Morgan fingerprint density at radius 2 is 1.85 bits per heavy atom. The lowest BCUT2D eigenvalue weighted by molar-refractivity contribution is -0.120. The first-order valence-electron chi connectivity index (χ1n) is 7.91. The van der Waals surface area contributed by atoms with Gasteiger partial charge in [0.05, 0.1) is 0 Å². The van der Waals surface area contributed by atoms with Crippen molar-refractivity contribution in [3.8, 4) is 0 Å². The fourth-order valence-corrected chi connectivity index (χ4v) is 3.51. The van der Waals surface area contributed by atoms with E-state index >= 15 is 0 Å². The molecule has 0 spiro atoms. The molecule has 108 valence electrons. The zero-order valence-electron chi connectivity index (χ0n) is 12.0. The Balaban J connectivity index is 1.70. The number of nitrogens with one attached hydrogen (secondary N) is 1. The van der Waals surface area contributed by atoms with Crippen molar-refractivity contribution in [3.05, 3.63) is 29.3 Å². The average molecular weight is 272 g/mol. The molecule has 20 heavy (non-hydrogen) atoms. The predicted octanol–water partition coefficient (Wildman–Crippen LogP) is 3.02. The number of aryl methyl sites for hydroxylation is 1. The second-order valence-electron chi connectivity index (χ2n) is 6.25. The third kappa shape index (κ3) is 2.88. The van der Waals surface area contributed by atoms with Gasteiger partial charge >= 0.3 is 0 Å². The van der Waals surface area contributed by atoms with E-state index in [2.05, 4.69) is 23.5 Å². The summed E-state index contributed by atoms with van der Waals surface area (Å²) < 4.78 is 0. The maximum atomic E-state index is 12.4. The molecule has 0 bridgehead atoms. The third-order valence-corrected chi connectivity index (χ3v) is 4.80. The number of fused-ring (bicyclic) bond motifs is 1. The first kappa shape index (κ1) is 13.6. The van der Waals surface area contributed by atoms with Gasteiger partial charge in [-0.3, -0.25) is 4.79 Å². The molecule has 3 rings (SSSR count). The molecule has 1 aromatic carbocycles. The zero-order chi connectivity index (χ0) is 13.9. The molecule has 3 heteroatoms. The molecule has 0 unspecified atom stereocenters. The quantitative estimate of drug-likeness (QED) is 0.869. The molecule has 0 radical (unpaired) electrons. The van der Waals surface area contributed by atoms with Crippen molar-refractivity contribution in [2.45, 2.75) is 57.4 Å². The van der Waals surface area contributed by atoms with Crippen molar-refractivity contribution < 1.29 is 4.79 Å². The van der Waals surface area contributed by atoms with Crippen LogP contribution in [0.2, 0.25) is 0 Å². The van der Waals surface area contributed by atoms with E-state index in [1.54, 1.807) is 0 Å². The summed E-state index contributed by atoms with van der Waals surface area (Å²) in [5.74, 6) is 0.338. The minimum absolute atomic E-state index is 0.147. The van der Waals surface area contributed by atoms with Gasteiger partial charge < -0.3 is 11.1 Å². The molecular formula is C17H24N2O. The summed E-state index contributed by atoms with van der Waals surface area (Å²) in [7, 11) is 0. The van der Waals surface area contributed by atoms with Gasteiger partial charge in [-0.2, -0.15) is 0 Å². The van der Waals surface area contributed by atoms with Gasteiger partial charge in [0.2, 0.25) is 5.91 Å². The Kier molecular flexibility index (Phi) is 4.06. The Bertz CT molecular complexity index is 490. The van der Waals surface area contributed by atoms with Crippen LogP contribution in [0.5, 0.6) is 0 Å². The SMILES string of the molecule is NC1CCC(C(=O)Nc2cccc3c2CCCC3)CC1. The molecule has 0 atom stereocenters. The highest BCUT2D eigenvalue weighted by Gasteiger charge is 2.25. The van der Waals surface area contributed by atoms with Crippen LogP contribution in [0.3, 0.4) is 0 Å². The molecule has 1 amide bonds. The highest BCUT2D eigenvalue weighted by Crippen LogP contribution is 2.30. The van der Waals surface area contributed by atoms with Crippen LogP contribution < -0.4 is 11.1 Å². The number of benzene rings is 1. The molecule has 3 N–H and O–H groups in total. The van der Waals surface area contributed by atoms with E-state index in [4.69, 9.17) is 5.73 Å². The Morgan fingerprint density at radius 3 is 2.65 bits per heavy atom. The van der Waals surface area contributed by atoms with Crippen LogP contribution in [0, 0.1) is 5.92 Å². The monoisotopic (exact) mass is 272 g/mol. The topological polar surface area (TPSA) is 55.1 Å². The van der Waals surface area contributed by atoms with Crippen LogP contribution in [0.4, 0.5) is 5.69 Å². The molecule has 2 aliphatic rings. The highest BCUT2D eigenvalue weighted by atomic mass is 16.1. The molecule has 3 nitrogen and oxygen atoms in total. The Hall–Kier alpha value is -1.35. The van der Waals surface area contributed by atoms with Gasteiger partial charge in [-0.25, -0.2) is 0 Å². The highest BCUT2D eigenvalue weighted by molar-refractivity contribution is 5.93. The van der Waals surface area contributed by atoms with E-state index in [-0.39, 0.29) is 11.8 Å². The molecule has 1 aromatic rings. The summed E-state index contributed by atoms with van der Waals surface area (Å²) in [6, 6.07) is 6.61. The normalized spacial score (nSPS) is 25.9. The summed E-state index contributed by atoms with van der Waals surface area (Å²) in [6.45, 7) is 0. The van der Waals surface area contributed by atoms with Crippen molar-refractivity contribution >= 4 is 11.6 Å². The number of amides is 1. The van der Waals surface area contributed by atoms with Gasteiger partial charge in [-0.15, -0.1) is 0 Å². The number of nitrogens with two attached hydrogens (primary N) is 1. The maximum absolute atomic E-state index is 12.4. The van der Waals surface area contributed by atoms with Crippen LogP contribution in [-0.2, 0) is 17.6 Å². The largest absolute Gasteiger partial charge is 0.328 e. The summed E-state index contributed by atoms with van der Waals surface area (Å²) in [5.41, 5.74) is 9.73.